The van der Waals surface area contributed by atoms with Gasteiger partial charge in [-0.25, -0.2) is 4.79 Å². The number of amides is 1. The molecule has 9 heteroatoms. The van der Waals surface area contributed by atoms with Crippen molar-refractivity contribution >= 4 is 53.2 Å². The topological polar surface area (TPSA) is 64.0 Å². The Kier molecular flexibility index (Phi) is 8.16. The number of aromatic nitrogens is 1. The third-order valence-electron chi connectivity index (χ3n) is 5.54. The number of anilines is 1. The van der Waals surface area contributed by atoms with E-state index in [-0.39, 0.29) is 18.4 Å². The predicted molar refractivity (Wildman–Crippen MR) is 145 cm³/mol. The standard InChI is InChI=1S/C24H36IN3O4Si/c1-24(2,3)32-23(30)27-11-9-26(10-12-27)18-7-8-19-20(15-18)21(25)16-28(22(19)29)17-31-13-14-33(4,5)6/h7-8,15-16H,9-14,17H2,1-6H3. The van der Waals surface area contributed by atoms with Gasteiger partial charge in [-0.05, 0) is 67.6 Å². The minimum Gasteiger partial charge on any atom is -0.444 e. The van der Waals surface area contributed by atoms with Crippen molar-refractivity contribution in [2.45, 2.75) is 58.8 Å². The van der Waals surface area contributed by atoms with Crippen LogP contribution in [0.2, 0.25) is 25.7 Å². The van der Waals surface area contributed by atoms with Gasteiger partial charge in [-0.2, -0.15) is 0 Å². The predicted octanol–water partition coefficient (Wildman–Crippen LogP) is 4.98. The Morgan fingerprint density at radius 1 is 1.09 bits per heavy atom. The van der Waals surface area contributed by atoms with Crippen molar-refractivity contribution in [1.29, 1.82) is 0 Å². The van der Waals surface area contributed by atoms with Crippen LogP contribution in [-0.4, -0.2) is 62.0 Å². The van der Waals surface area contributed by atoms with E-state index in [9.17, 15) is 9.59 Å². The third kappa shape index (κ3) is 7.19. The first-order chi connectivity index (χ1) is 15.3. The molecule has 1 aromatic carbocycles. The maximum Gasteiger partial charge on any atom is 0.410 e. The number of carbonyl (C=O) groups is 1. The molecule has 0 radical (unpaired) electrons. The van der Waals surface area contributed by atoms with Crippen molar-refractivity contribution in [1.82, 2.24) is 9.47 Å². The lowest BCUT2D eigenvalue weighted by molar-refractivity contribution is 0.0240. The smallest absolute Gasteiger partial charge is 0.410 e. The molecule has 0 spiro atoms. The summed E-state index contributed by atoms with van der Waals surface area (Å²) in [6.45, 7) is 16.2. The number of ether oxygens (including phenoxy) is 2. The fourth-order valence-electron chi connectivity index (χ4n) is 3.64. The molecule has 1 saturated heterocycles. The molecule has 0 bridgehead atoms. The van der Waals surface area contributed by atoms with E-state index in [0.717, 1.165) is 33.8 Å². The lowest BCUT2D eigenvalue weighted by atomic mass is 10.1. The Bertz CT molecular complexity index is 1050. The summed E-state index contributed by atoms with van der Waals surface area (Å²) in [5.41, 5.74) is 0.544. The molecule has 0 saturated carbocycles. The van der Waals surface area contributed by atoms with Crippen LogP contribution in [0.25, 0.3) is 10.8 Å². The first-order valence-corrected chi connectivity index (χ1v) is 16.3. The fourth-order valence-corrected chi connectivity index (χ4v) is 5.18. The van der Waals surface area contributed by atoms with E-state index in [4.69, 9.17) is 9.47 Å². The molecule has 1 fully saturated rings. The Labute approximate surface area is 211 Å². The number of benzene rings is 1. The number of halogens is 1. The lowest BCUT2D eigenvalue weighted by Gasteiger charge is -2.36. The summed E-state index contributed by atoms with van der Waals surface area (Å²) >= 11 is 2.29. The van der Waals surface area contributed by atoms with Gasteiger partial charge in [-0.15, -0.1) is 0 Å². The van der Waals surface area contributed by atoms with E-state index >= 15 is 0 Å². The van der Waals surface area contributed by atoms with Crippen LogP contribution < -0.4 is 10.5 Å². The molecule has 3 rings (SSSR count). The van der Waals surface area contributed by atoms with Crippen LogP contribution >= 0.6 is 22.6 Å². The van der Waals surface area contributed by atoms with Gasteiger partial charge in [0.1, 0.15) is 12.3 Å². The minimum atomic E-state index is -1.16. The van der Waals surface area contributed by atoms with Crippen LogP contribution in [0.4, 0.5) is 10.5 Å². The molecule has 0 unspecified atom stereocenters. The van der Waals surface area contributed by atoms with Gasteiger partial charge in [-0.1, -0.05) is 19.6 Å². The van der Waals surface area contributed by atoms with Crippen LogP contribution in [-0.2, 0) is 16.2 Å². The largest absolute Gasteiger partial charge is 0.444 e. The van der Waals surface area contributed by atoms with Crippen molar-refractivity contribution in [3.05, 3.63) is 38.3 Å². The number of carbonyl (C=O) groups excluding carboxylic acids is 1. The summed E-state index contributed by atoms with van der Waals surface area (Å²) in [6, 6.07) is 7.07. The molecule has 7 nitrogen and oxygen atoms in total. The van der Waals surface area contributed by atoms with E-state index in [2.05, 4.69) is 53.2 Å². The zero-order valence-corrected chi connectivity index (χ0v) is 23.8. The van der Waals surface area contributed by atoms with Gasteiger partial charge in [0.25, 0.3) is 5.56 Å². The van der Waals surface area contributed by atoms with Crippen LogP contribution in [0.3, 0.4) is 0 Å². The Morgan fingerprint density at radius 3 is 2.36 bits per heavy atom. The van der Waals surface area contributed by atoms with Crippen molar-refractivity contribution < 1.29 is 14.3 Å². The number of hydrogen-bond donors (Lipinski definition) is 0. The summed E-state index contributed by atoms with van der Waals surface area (Å²) in [6.07, 6.45) is 1.62. The third-order valence-corrected chi connectivity index (χ3v) is 8.11. The van der Waals surface area contributed by atoms with Crippen molar-refractivity contribution in [3.8, 4) is 0 Å². The molecule has 2 heterocycles. The van der Waals surface area contributed by atoms with Crippen molar-refractivity contribution in [2.24, 2.45) is 0 Å². The van der Waals surface area contributed by atoms with E-state index in [0.29, 0.717) is 25.1 Å². The van der Waals surface area contributed by atoms with Crippen LogP contribution in [0.15, 0.2) is 29.2 Å². The van der Waals surface area contributed by atoms with Crippen LogP contribution in [0, 0.1) is 3.57 Å². The number of rotatable bonds is 6. The van der Waals surface area contributed by atoms with Gasteiger partial charge in [0, 0.05) is 67.1 Å². The zero-order valence-electron chi connectivity index (χ0n) is 20.6. The van der Waals surface area contributed by atoms with Crippen molar-refractivity contribution in [3.63, 3.8) is 0 Å². The molecule has 1 aliphatic rings. The Hall–Kier alpha value is -1.59. The first kappa shape index (κ1) is 26.0. The number of hydrogen-bond acceptors (Lipinski definition) is 5. The second kappa shape index (κ2) is 10.3. The molecule has 1 aromatic heterocycles. The SMILES string of the molecule is CC(C)(C)OC(=O)N1CCN(c2ccc3c(=O)n(COCC[Si](C)(C)C)cc(I)c3c2)CC1. The second-order valence-electron chi connectivity index (χ2n) is 10.8. The normalized spacial score (nSPS) is 15.2. The average molecular weight is 586 g/mol. The molecule has 1 amide bonds. The molecule has 0 N–H and O–H groups in total. The number of pyridine rings is 1. The van der Waals surface area contributed by atoms with Gasteiger partial charge in [0.05, 0.1) is 0 Å². The number of fused-ring (bicyclic) bond motifs is 1. The Morgan fingerprint density at radius 2 is 1.76 bits per heavy atom. The first-order valence-electron chi connectivity index (χ1n) is 11.5. The highest BCUT2D eigenvalue weighted by atomic mass is 127. The molecular formula is C24H36IN3O4Si. The zero-order chi connectivity index (χ0) is 24.4. The molecule has 1 aliphatic heterocycles. The molecule has 33 heavy (non-hydrogen) atoms. The highest BCUT2D eigenvalue weighted by Gasteiger charge is 2.26. The van der Waals surface area contributed by atoms with Gasteiger partial charge in [0.15, 0.2) is 0 Å². The van der Waals surface area contributed by atoms with Gasteiger partial charge < -0.3 is 19.3 Å². The molecule has 182 valence electrons. The summed E-state index contributed by atoms with van der Waals surface area (Å²) in [5.74, 6) is 0. The maximum atomic E-state index is 13.0. The van der Waals surface area contributed by atoms with E-state index in [1.165, 1.54) is 0 Å². The molecule has 0 atom stereocenters. The monoisotopic (exact) mass is 585 g/mol. The summed E-state index contributed by atoms with van der Waals surface area (Å²) < 4.78 is 14.0. The molecule has 0 aliphatic carbocycles. The van der Waals surface area contributed by atoms with Gasteiger partial charge >= 0.3 is 6.09 Å². The number of piperazine rings is 1. The summed E-state index contributed by atoms with van der Waals surface area (Å²) in [7, 11) is -1.16. The molecular weight excluding hydrogens is 549 g/mol. The minimum absolute atomic E-state index is 0.0280. The van der Waals surface area contributed by atoms with Crippen LogP contribution in [0.5, 0.6) is 0 Å². The maximum absolute atomic E-state index is 13.0. The van der Waals surface area contributed by atoms with Gasteiger partial charge in [0.2, 0.25) is 0 Å². The summed E-state index contributed by atoms with van der Waals surface area (Å²) in [5, 5.41) is 1.65. The van der Waals surface area contributed by atoms with Crippen molar-refractivity contribution in [2.75, 3.05) is 37.7 Å². The second-order valence-corrected chi connectivity index (χ2v) is 17.6. The molecule has 2 aromatic rings. The van der Waals surface area contributed by atoms with Crippen LogP contribution in [0.1, 0.15) is 20.8 Å². The van der Waals surface area contributed by atoms with E-state index < -0.39 is 13.7 Å². The highest BCUT2D eigenvalue weighted by molar-refractivity contribution is 14.1. The lowest BCUT2D eigenvalue weighted by Crippen LogP contribution is -2.50. The quantitative estimate of drug-likeness (QED) is 0.272. The van der Waals surface area contributed by atoms with E-state index in [1.54, 1.807) is 9.47 Å². The number of nitrogens with zero attached hydrogens (tertiary/aromatic N) is 3. The average Bonchev–Trinajstić information content (AvgIpc) is 2.72. The summed E-state index contributed by atoms with van der Waals surface area (Å²) in [4.78, 5) is 29.3. The highest BCUT2D eigenvalue weighted by Crippen LogP contribution is 2.25. The van der Waals surface area contributed by atoms with E-state index in [1.807, 2.05) is 39.1 Å². The fraction of sp³-hybridized carbons (Fsp3) is 0.583. The Balaban J connectivity index is 1.69. The van der Waals surface area contributed by atoms with Gasteiger partial charge in [-0.3, -0.25) is 9.36 Å².